The molecule has 0 aromatic rings. The highest BCUT2D eigenvalue weighted by molar-refractivity contribution is 5.76. The fraction of sp³-hybridized carbons (Fsp3) is 0.697. The van der Waals surface area contributed by atoms with E-state index in [1.807, 2.05) is 0 Å². The van der Waals surface area contributed by atoms with Gasteiger partial charge in [0.15, 0.2) is 6.29 Å². The van der Waals surface area contributed by atoms with Gasteiger partial charge in [0.05, 0.1) is 25.4 Å². The summed E-state index contributed by atoms with van der Waals surface area (Å²) in [6.45, 7) is 3.73. The van der Waals surface area contributed by atoms with Crippen molar-refractivity contribution in [2.24, 2.45) is 0 Å². The number of hydrogen-bond acceptors (Lipinski definition) is 8. The number of rotatable bonds is 59. The molecule has 7 unspecified atom stereocenters. The lowest BCUT2D eigenvalue weighted by atomic mass is 9.99. The molecule has 7 atom stereocenters. The van der Waals surface area contributed by atoms with Crippen molar-refractivity contribution in [2.45, 2.75) is 326 Å². The topological polar surface area (TPSA) is 149 Å². The Morgan fingerprint density at radius 1 is 0.412 bits per heavy atom. The molecular weight excluding hydrogens is 1050 g/mol. The van der Waals surface area contributed by atoms with Crippen molar-refractivity contribution < 1.29 is 39.8 Å². The van der Waals surface area contributed by atoms with E-state index in [2.05, 4.69) is 153 Å². The van der Waals surface area contributed by atoms with Gasteiger partial charge in [0.25, 0.3) is 0 Å². The Labute approximate surface area is 521 Å². The quantitative estimate of drug-likeness (QED) is 0.0261. The second-order valence-electron chi connectivity index (χ2n) is 23.6. The van der Waals surface area contributed by atoms with E-state index < -0.39 is 49.5 Å². The van der Waals surface area contributed by atoms with Gasteiger partial charge < -0.3 is 40.3 Å². The van der Waals surface area contributed by atoms with Gasteiger partial charge in [-0.05, 0) is 96.3 Å². The number of aliphatic hydroxyl groups excluding tert-OH is 5. The van der Waals surface area contributed by atoms with Gasteiger partial charge in [-0.1, -0.05) is 314 Å². The molecule has 1 amide bonds. The minimum Gasteiger partial charge on any atom is -0.394 e. The van der Waals surface area contributed by atoms with Crippen LogP contribution in [0.15, 0.2) is 134 Å². The van der Waals surface area contributed by atoms with Crippen LogP contribution in [0.25, 0.3) is 0 Å². The number of nitrogens with one attached hydrogen (secondary N) is 1. The zero-order valence-electron chi connectivity index (χ0n) is 54.3. The van der Waals surface area contributed by atoms with Crippen LogP contribution >= 0.6 is 0 Å². The maximum Gasteiger partial charge on any atom is 0.220 e. The SMILES string of the molecule is CC/C=C\C/C=C\C/C=C\C/C=C\C/C=C\C/C=C\C/C=C\C/C=C\C/C=C\C/C=C\C/C=C\CCCCCCCCCC(=O)NC(COC1OC(CO)C(O)C(O)C1O)C(O)CCCCCCCCCCCCCCCCCCCCCCC. The number of aliphatic hydroxyl groups is 5. The molecule has 9 nitrogen and oxygen atoms in total. The third-order valence-electron chi connectivity index (χ3n) is 15.8. The second kappa shape index (κ2) is 63.4. The van der Waals surface area contributed by atoms with Gasteiger partial charge in [-0.15, -0.1) is 0 Å². The minimum atomic E-state index is -1.56. The van der Waals surface area contributed by atoms with E-state index in [0.29, 0.717) is 12.8 Å². The summed E-state index contributed by atoms with van der Waals surface area (Å²) in [5.74, 6) is -0.158. The van der Waals surface area contributed by atoms with Crippen molar-refractivity contribution >= 4 is 5.91 Å². The minimum absolute atomic E-state index is 0.149. The van der Waals surface area contributed by atoms with Crippen LogP contribution in [-0.4, -0.2) is 87.5 Å². The second-order valence-corrected chi connectivity index (χ2v) is 23.6. The maximum atomic E-state index is 13.1. The first-order valence-electron chi connectivity index (χ1n) is 34.9. The molecule has 1 rings (SSSR count). The standard InChI is InChI=1S/C76H129NO8/c1-3-5-7-9-11-13-15-17-19-21-23-25-26-27-28-29-30-31-32-33-34-35-36-37-38-39-40-41-42-43-44-46-48-50-52-54-56-58-60-62-64-66-72(80)77-69(68-84-76-75(83)74(82)73(81)71(67-78)85-76)70(79)65-63-61-59-57-55-53-51-49-47-45-24-22-20-18-16-14-12-10-8-6-4-2/h5,7,11,13,17,19,23,25,27-28,30-31,33-34,36-37,39-40,42-43,46,48,69-71,73-76,78-79,81-83H,3-4,6,8-10,12,14-16,18,20-22,24,26,29,32,35,38,41,44-45,47,49-68H2,1-2H3,(H,77,80)/b7-5-,13-11-,19-17-,25-23-,28-27-,31-30-,34-33-,37-36-,40-39-,43-42-,48-46-. The monoisotopic (exact) mass is 1180 g/mol. The van der Waals surface area contributed by atoms with Crippen molar-refractivity contribution in [2.75, 3.05) is 13.2 Å². The van der Waals surface area contributed by atoms with Gasteiger partial charge in [0.1, 0.15) is 24.4 Å². The molecule has 1 heterocycles. The maximum absolute atomic E-state index is 13.1. The Morgan fingerprint density at radius 2 is 0.729 bits per heavy atom. The molecule has 1 aliphatic heterocycles. The normalized spacial score (nSPS) is 19.0. The van der Waals surface area contributed by atoms with Crippen LogP contribution in [0.2, 0.25) is 0 Å². The van der Waals surface area contributed by atoms with Crippen LogP contribution in [0.4, 0.5) is 0 Å². The molecule has 0 bridgehead atoms. The van der Waals surface area contributed by atoms with E-state index >= 15 is 0 Å². The summed E-state index contributed by atoms with van der Waals surface area (Å²) in [4.78, 5) is 13.1. The van der Waals surface area contributed by atoms with Crippen molar-refractivity contribution in [3.8, 4) is 0 Å². The highest BCUT2D eigenvalue weighted by Gasteiger charge is 2.44. The van der Waals surface area contributed by atoms with Gasteiger partial charge in [0, 0.05) is 6.42 Å². The number of unbranched alkanes of at least 4 members (excludes halogenated alkanes) is 27. The summed E-state index contributed by atoms with van der Waals surface area (Å²) < 4.78 is 11.3. The number of hydrogen-bond donors (Lipinski definition) is 6. The molecule has 486 valence electrons. The summed E-state index contributed by atoms with van der Waals surface area (Å²) in [5.41, 5.74) is 0. The fourth-order valence-electron chi connectivity index (χ4n) is 10.3. The Kier molecular flexibility index (Phi) is 59.1. The Morgan fingerprint density at radius 3 is 1.08 bits per heavy atom. The first kappa shape index (κ1) is 79.3. The molecule has 1 saturated heterocycles. The third kappa shape index (κ3) is 52.0. The predicted molar refractivity (Wildman–Crippen MR) is 363 cm³/mol. The Balaban J connectivity index is 2.15. The molecule has 6 N–H and O–H groups in total. The van der Waals surface area contributed by atoms with Gasteiger partial charge in [0.2, 0.25) is 5.91 Å². The van der Waals surface area contributed by atoms with Gasteiger partial charge >= 0.3 is 0 Å². The van der Waals surface area contributed by atoms with E-state index in [0.717, 1.165) is 122 Å². The van der Waals surface area contributed by atoms with Crippen LogP contribution in [0, 0.1) is 0 Å². The van der Waals surface area contributed by atoms with Crippen molar-refractivity contribution in [3.63, 3.8) is 0 Å². The highest BCUT2D eigenvalue weighted by Crippen LogP contribution is 2.23. The summed E-state index contributed by atoms with van der Waals surface area (Å²) in [7, 11) is 0. The van der Waals surface area contributed by atoms with E-state index in [9.17, 15) is 30.3 Å². The van der Waals surface area contributed by atoms with Crippen LogP contribution in [0.5, 0.6) is 0 Å². The van der Waals surface area contributed by atoms with Gasteiger partial charge in [-0.2, -0.15) is 0 Å². The smallest absolute Gasteiger partial charge is 0.220 e. The fourth-order valence-corrected chi connectivity index (χ4v) is 10.3. The number of ether oxygens (including phenoxy) is 2. The number of carbonyl (C=O) groups excluding carboxylic acids is 1. The van der Waals surface area contributed by atoms with Crippen molar-refractivity contribution in [3.05, 3.63) is 134 Å². The summed E-state index contributed by atoms with van der Waals surface area (Å²) >= 11 is 0. The number of allylic oxidation sites excluding steroid dienone is 22. The molecule has 0 spiro atoms. The lowest BCUT2D eigenvalue weighted by Crippen LogP contribution is -2.60. The molecule has 85 heavy (non-hydrogen) atoms. The average molecular weight is 1180 g/mol. The van der Waals surface area contributed by atoms with Gasteiger partial charge in [-0.3, -0.25) is 4.79 Å². The number of amides is 1. The zero-order valence-corrected chi connectivity index (χ0v) is 54.3. The molecule has 0 aliphatic carbocycles. The molecule has 9 heteroatoms. The summed E-state index contributed by atoms with van der Waals surface area (Å²) in [5, 5.41) is 54.9. The van der Waals surface area contributed by atoms with Crippen molar-refractivity contribution in [1.29, 1.82) is 0 Å². The Bertz CT molecular complexity index is 1800. The first-order valence-corrected chi connectivity index (χ1v) is 34.9. The van der Waals surface area contributed by atoms with Crippen molar-refractivity contribution in [1.82, 2.24) is 5.32 Å². The third-order valence-corrected chi connectivity index (χ3v) is 15.8. The summed E-state index contributed by atoms with van der Waals surface area (Å²) in [6, 6.07) is -0.736. The molecular formula is C76H129NO8. The van der Waals surface area contributed by atoms with Crippen LogP contribution in [-0.2, 0) is 14.3 Å². The molecule has 1 fully saturated rings. The lowest BCUT2D eigenvalue weighted by molar-refractivity contribution is -0.302. The van der Waals surface area contributed by atoms with E-state index in [4.69, 9.17) is 9.47 Å². The van der Waals surface area contributed by atoms with E-state index in [1.165, 1.54) is 135 Å². The molecule has 0 radical (unpaired) electrons. The van der Waals surface area contributed by atoms with Crippen LogP contribution < -0.4 is 5.32 Å². The first-order chi connectivity index (χ1) is 41.8. The molecule has 0 saturated carbocycles. The van der Waals surface area contributed by atoms with Crippen LogP contribution in [0.1, 0.15) is 284 Å². The summed E-state index contributed by atoms with van der Waals surface area (Å²) in [6.07, 6.45) is 89.3. The predicted octanol–water partition coefficient (Wildman–Crippen LogP) is 19.2. The molecule has 0 aromatic heterocycles. The van der Waals surface area contributed by atoms with E-state index in [-0.39, 0.29) is 12.5 Å². The zero-order chi connectivity index (χ0) is 61.4. The largest absolute Gasteiger partial charge is 0.394 e. The molecule has 1 aliphatic rings. The number of carbonyl (C=O) groups is 1. The average Bonchev–Trinajstić information content (AvgIpc) is 3.68. The lowest BCUT2D eigenvalue weighted by Gasteiger charge is -2.40. The van der Waals surface area contributed by atoms with Crippen LogP contribution in [0.3, 0.4) is 0 Å². The van der Waals surface area contributed by atoms with Gasteiger partial charge in [-0.25, -0.2) is 0 Å². The Hall–Kier alpha value is -3.67. The highest BCUT2D eigenvalue weighted by atomic mass is 16.7. The van der Waals surface area contributed by atoms with E-state index in [1.54, 1.807) is 0 Å². The molecule has 0 aromatic carbocycles.